The first kappa shape index (κ1) is 22.6. The molecule has 32 heavy (non-hydrogen) atoms. The third-order valence-electron chi connectivity index (χ3n) is 5.94. The fraction of sp³-hybridized carbons (Fsp3) is 0.280. The quantitative estimate of drug-likeness (QED) is 0.517. The zero-order chi connectivity index (χ0) is 22.7. The molecule has 7 heteroatoms. The number of halogens is 1. The summed E-state index contributed by atoms with van der Waals surface area (Å²) < 4.78 is 27.8. The number of aryl methyl sites for hydroxylation is 2. The third-order valence-corrected chi connectivity index (χ3v) is 8.16. The van der Waals surface area contributed by atoms with Crippen LogP contribution < -0.4 is 14.0 Å². The number of rotatable bonds is 6. The zero-order valence-electron chi connectivity index (χ0n) is 18.4. The van der Waals surface area contributed by atoms with Crippen LogP contribution in [-0.4, -0.2) is 34.6 Å². The largest absolute Gasteiger partial charge is 0.369 e. The highest BCUT2D eigenvalue weighted by atomic mass is 35.5. The summed E-state index contributed by atoms with van der Waals surface area (Å²) in [5, 5.41) is 3.32. The Morgan fingerprint density at radius 1 is 0.969 bits per heavy atom. The van der Waals surface area contributed by atoms with Crippen LogP contribution in [-0.2, 0) is 16.4 Å². The van der Waals surface area contributed by atoms with Crippen LogP contribution in [0.5, 0.6) is 0 Å². The van der Waals surface area contributed by atoms with Crippen molar-refractivity contribution in [2.45, 2.75) is 25.2 Å². The lowest BCUT2D eigenvalue weighted by atomic mass is 9.93. The van der Waals surface area contributed by atoms with Crippen LogP contribution >= 0.6 is 11.8 Å². The number of piperazine rings is 1. The normalized spacial score (nSPS) is 14.4. The molecule has 0 amide bonds. The van der Waals surface area contributed by atoms with Crippen LogP contribution in [0.4, 0.5) is 11.4 Å². The van der Waals surface area contributed by atoms with E-state index < -0.39 is 10.0 Å². The van der Waals surface area contributed by atoms with E-state index >= 15 is 0 Å². The molecule has 0 radical (unpaired) electrons. The van der Waals surface area contributed by atoms with Crippen molar-refractivity contribution in [3.63, 3.8) is 0 Å². The van der Waals surface area contributed by atoms with Crippen LogP contribution in [0.15, 0.2) is 71.6 Å². The number of nitrogens with one attached hydrogen (secondary N) is 1. The molecular weight excluding hydrogens is 442 g/mol. The van der Waals surface area contributed by atoms with Crippen molar-refractivity contribution in [3.05, 3.63) is 77.9 Å². The van der Waals surface area contributed by atoms with E-state index in [1.54, 1.807) is 18.2 Å². The summed E-state index contributed by atoms with van der Waals surface area (Å²) in [6, 6.07) is 20.6. The van der Waals surface area contributed by atoms with E-state index in [1.165, 1.54) is 0 Å². The predicted octanol–water partition coefficient (Wildman–Crippen LogP) is 4.98. The van der Waals surface area contributed by atoms with Crippen molar-refractivity contribution in [2.75, 3.05) is 34.9 Å². The lowest BCUT2D eigenvalue weighted by Crippen LogP contribution is -2.43. The second-order valence-electron chi connectivity index (χ2n) is 7.93. The van der Waals surface area contributed by atoms with E-state index in [1.807, 2.05) is 55.5 Å². The molecule has 0 bridgehead atoms. The average molecular weight is 470 g/mol. The molecule has 1 aliphatic rings. The van der Waals surface area contributed by atoms with Gasteiger partial charge in [0.1, 0.15) is 0 Å². The highest BCUT2D eigenvalue weighted by Gasteiger charge is 2.27. The predicted molar refractivity (Wildman–Crippen MR) is 133 cm³/mol. The maximum absolute atomic E-state index is 13.5. The Morgan fingerprint density at radius 2 is 1.66 bits per heavy atom. The Hall–Kier alpha value is -2.54. The highest BCUT2D eigenvalue weighted by Crippen LogP contribution is 2.39. The summed E-state index contributed by atoms with van der Waals surface area (Å²) in [5.41, 5.74) is 5.43. The van der Waals surface area contributed by atoms with Gasteiger partial charge in [0, 0.05) is 49.2 Å². The standard InChI is InChI=1S/C25H28ClN3O2S/c1-3-20-8-6-10-24(25(20)23-9-5-4-7-19(23)2)29(26)32(30,31)22-13-11-21(12-14-22)28-17-15-27-16-18-28/h4-14,27H,3,15-18H2,1-2H3. The molecule has 0 spiro atoms. The van der Waals surface area contributed by atoms with Gasteiger partial charge in [0.2, 0.25) is 0 Å². The van der Waals surface area contributed by atoms with Crippen molar-refractivity contribution in [3.8, 4) is 11.1 Å². The lowest BCUT2D eigenvalue weighted by molar-refractivity contribution is 0.588. The Bertz CT molecular complexity index is 1190. The Labute approximate surface area is 195 Å². The van der Waals surface area contributed by atoms with Crippen LogP contribution in [0.25, 0.3) is 11.1 Å². The summed E-state index contributed by atoms with van der Waals surface area (Å²) in [4.78, 5) is 2.41. The molecular formula is C25H28ClN3O2S. The molecule has 0 aromatic heterocycles. The molecule has 3 aromatic rings. The molecule has 1 fully saturated rings. The SMILES string of the molecule is CCc1cccc(N(Cl)S(=O)(=O)c2ccc(N3CCNCC3)cc2)c1-c1ccccc1C. The van der Waals surface area contributed by atoms with Crippen molar-refractivity contribution in [2.24, 2.45) is 0 Å². The molecule has 0 unspecified atom stereocenters. The number of benzene rings is 3. The molecule has 168 valence electrons. The maximum Gasteiger partial charge on any atom is 0.278 e. The molecule has 4 rings (SSSR count). The van der Waals surface area contributed by atoms with E-state index in [2.05, 4.69) is 17.1 Å². The molecule has 0 aliphatic carbocycles. The van der Waals surface area contributed by atoms with Gasteiger partial charge in [0.15, 0.2) is 0 Å². The highest BCUT2D eigenvalue weighted by molar-refractivity contribution is 7.94. The molecule has 1 N–H and O–H groups in total. The molecule has 3 aromatic carbocycles. The van der Waals surface area contributed by atoms with Crippen molar-refractivity contribution in [1.82, 2.24) is 5.32 Å². The minimum absolute atomic E-state index is 0.170. The van der Waals surface area contributed by atoms with Gasteiger partial charge in [-0.2, -0.15) is 12.2 Å². The van der Waals surface area contributed by atoms with Gasteiger partial charge in [-0.3, -0.25) is 0 Å². The van der Waals surface area contributed by atoms with E-state index in [4.69, 9.17) is 11.8 Å². The molecule has 5 nitrogen and oxygen atoms in total. The monoisotopic (exact) mass is 469 g/mol. The fourth-order valence-corrected chi connectivity index (χ4v) is 5.62. The molecule has 0 atom stereocenters. The van der Waals surface area contributed by atoms with Crippen LogP contribution in [0, 0.1) is 6.92 Å². The Kier molecular flexibility index (Phi) is 6.74. The van der Waals surface area contributed by atoms with Gasteiger partial charge in [-0.1, -0.05) is 43.3 Å². The zero-order valence-corrected chi connectivity index (χ0v) is 20.0. The Balaban J connectivity index is 1.72. The first-order valence-electron chi connectivity index (χ1n) is 10.9. The number of hydrogen-bond acceptors (Lipinski definition) is 4. The first-order valence-corrected chi connectivity index (χ1v) is 12.7. The van der Waals surface area contributed by atoms with Gasteiger partial charge in [0.05, 0.1) is 10.6 Å². The van der Waals surface area contributed by atoms with Gasteiger partial charge in [-0.15, -0.1) is 0 Å². The number of hydrogen-bond donors (Lipinski definition) is 1. The van der Waals surface area contributed by atoms with Gasteiger partial charge in [0.25, 0.3) is 10.0 Å². The van der Waals surface area contributed by atoms with E-state index in [0.29, 0.717) is 5.69 Å². The number of sulfonamides is 1. The van der Waals surface area contributed by atoms with Crippen molar-refractivity contribution in [1.29, 1.82) is 0 Å². The van der Waals surface area contributed by atoms with Crippen LogP contribution in [0.3, 0.4) is 0 Å². The molecule has 0 saturated carbocycles. The van der Waals surface area contributed by atoms with Gasteiger partial charge >= 0.3 is 0 Å². The second kappa shape index (κ2) is 9.53. The maximum atomic E-state index is 13.5. The summed E-state index contributed by atoms with van der Waals surface area (Å²) in [7, 11) is -3.94. The first-order chi connectivity index (χ1) is 15.4. The molecule has 1 aliphatic heterocycles. The van der Waals surface area contributed by atoms with E-state index in [0.717, 1.165) is 64.4 Å². The number of nitrogens with zero attached hydrogens (tertiary/aromatic N) is 2. The summed E-state index contributed by atoms with van der Waals surface area (Å²) in [6.45, 7) is 7.72. The third kappa shape index (κ3) is 4.35. The van der Waals surface area contributed by atoms with Gasteiger partial charge in [-0.05, 0) is 60.4 Å². The van der Waals surface area contributed by atoms with E-state index in [9.17, 15) is 8.42 Å². The topological polar surface area (TPSA) is 52.7 Å². The van der Waals surface area contributed by atoms with Crippen LogP contribution in [0.1, 0.15) is 18.1 Å². The molecule has 1 saturated heterocycles. The summed E-state index contributed by atoms with van der Waals surface area (Å²) in [5.74, 6) is 0. The van der Waals surface area contributed by atoms with Gasteiger partial charge < -0.3 is 10.2 Å². The van der Waals surface area contributed by atoms with Crippen molar-refractivity contribution >= 4 is 33.2 Å². The second-order valence-corrected chi connectivity index (χ2v) is 10.3. The summed E-state index contributed by atoms with van der Waals surface area (Å²) >= 11 is 6.58. The number of anilines is 2. The smallest absolute Gasteiger partial charge is 0.278 e. The van der Waals surface area contributed by atoms with Crippen LogP contribution in [0.2, 0.25) is 0 Å². The fourth-order valence-electron chi connectivity index (χ4n) is 4.17. The van der Waals surface area contributed by atoms with Gasteiger partial charge in [-0.25, -0.2) is 0 Å². The average Bonchev–Trinajstić information content (AvgIpc) is 2.84. The minimum Gasteiger partial charge on any atom is -0.369 e. The lowest BCUT2D eigenvalue weighted by Gasteiger charge is -2.29. The summed E-state index contributed by atoms with van der Waals surface area (Å²) in [6.07, 6.45) is 0.766. The minimum atomic E-state index is -3.94. The Morgan fingerprint density at radius 3 is 2.31 bits per heavy atom. The van der Waals surface area contributed by atoms with Crippen molar-refractivity contribution < 1.29 is 8.42 Å². The molecule has 1 heterocycles. The van der Waals surface area contributed by atoms with E-state index in [-0.39, 0.29) is 4.90 Å².